The molecule has 0 aliphatic rings. The van der Waals surface area contributed by atoms with Crippen LogP contribution < -0.4 is 10.1 Å². The van der Waals surface area contributed by atoms with E-state index >= 15 is 0 Å². The maximum absolute atomic E-state index is 5.79. The molecule has 120 valence electrons. The molecule has 0 unspecified atom stereocenters. The van der Waals surface area contributed by atoms with E-state index in [1.54, 1.807) is 0 Å². The molecule has 0 amide bonds. The van der Waals surface area contributed by atoms with E-state index in [4.69, 9.17) is 4.74 Å². The number of hydrogen-bond acceptors (Lipinski definition) is 3. The van der Waals surface area contributed by atoms with E-state index in [0.717, 1.165) is 40.8 Å². The van der Waals surface area contributed by atoms with Crippen LogP contribution in [0.1, 0.15) is 25.8 Å². The Hall–Kier alpha value is -0.850. The van der Waals surface area contributed by atoms with Crippen molar-refractivity contribution in [3.8, 4) is 5.75 Å². The Morgan fingerprint density at radius 1 is 1.27 bits per heavy atom. The first kappa shape index (κ1) is 17.5. The maximum Gasteiger partial charge on any atom is 0.148 e. The van der Waals surface area contributed by atoms with E-state index in [1.165, 1.54) is 5.56 Å². The van der Waals surface area contributed by atoms with Gasteiger partial charge in [-0.1, -0.05) is 0 Å². The largest absolute Gasteiger partial charge is 0.489 e. The molecule has 0 aliphatic heterocycles. The van der Waals surface area contributed by atoms with Gasteiger partial charge >= 0.3 is 0 Å². The summed E-state index contributed by atoms with van der Waals surface area (Å²) < 4.78 is 9.84. The van der Waals surface area contributed by atoms with E-state index < -0.39 is 0 Å². The minimum atomic E-state index is 0.153. The van der Waals surface area contributed by atoms with Crippen molar-refractivity contribution in [1.29, 1.82) is 0 Å². The Bertz CT molecular complexity index is 562. The summed E-state index contributed by atoms with van der Waals surface area (Å²) in [4.78, 5) is 4.04. The lowest BCUT2D eigenvalue weighted by molar-refractivity contribution is 0.239. The Morgan fingerprint density at radius 3 is 2.59 bits per heavy atom. The monoisotopic (exact) mass is 429 g/mol. The van der Waals surface area contributed by atoms with Crippen molar-refractivity contribution in [2.75, 3.05) is 6.54 Å². The zero-order valence-electron chi connectivity index (χ0n) is 12.9. The molecule has 1 aromatic heterocycles. The molecule has 22 heavy (non-hydrogen) atoms. The Labute approximate surface area is 148 Å². The van der Waals surface area contributed by atoms with Crippen LogP contribution in [-0.2, 0) is 13.1 Å². The number of nitrogens with one attached hydrogen (secondary N) is 1. The molecule has 0 radical (unpaired) electrons. The fourth-order valence-corrected chi connectivity index (χ4v) is 3.57. The summed E-state index contributed by atoms with van der Waals surface area (Å²) in [6, 6.07) is 4.21. The van der Waals surface area contributed by atoms with Gasteiger partial charge in [0.1, 0.15) is 5.75 Å². The standard InChI is InChI=1S/C16H21Br2N3O/c1-12(2)22-16-14(17)8-13(9-15(16)18)10-19-4-3-6-21-7-5-20-11-21/h5,7-9,11-12,19H,3-4,6,10H2,1-2H3. The lowest BCUT2D eigenvalue weighted by Gasteiger charge is -2.15. The highest BCUT2D eigenvalue weighted by molar-refractivity contribution is 9.11. The van der Waals surface area contributed by atoms with Crippen LogP contribution in [0.4, 0.5) is 0 Å². The summed E-state index contributed by atoms with van der Waals surface area (Å²) >= 11 is 7.16. The average molecular weight is 431 g/mol. The van der Waals surface area contributed by atoms with Crippen LogP contribution in [0.2, 0.25) is 0 Å². The normalized spacial score (nSPS) is 11.1. The van der Waals surface area contributed by atoms with Gasteiger partial charge < -0.3 is 14.6 Å². The fraction of sp³-hybridized carbons (Fsp3) is 0.438. The van der Waals surface area contributed by atoms with E-state index in [0.29, 0.717) is 0 Å². The summed E-state index contributed by atoms with van der Waals surface area (Å²) in [5, 5.41) is 3.46. The number of halogens is 2. The third-order valence-electron chi connectivity index (χ3n) is 3.07. The first-order chi connectivity index (χ1) is 10.6. The second-order valence-corrected chi connectivity index (χ2v) is 7.09. The van der Waals surface area contributed by atoms with E-state index in [9.17, 15) is 0 Å². The average Bonchev–Trinajstić information content (AvgIpc) is 2.95. The van der Waals surface area contributed by atoms with Crippen LogP contribution in [0.3, 0.4) is 0 Å². The van der Waals surface area contributed by atoms with Crippen molar-refractivity contribution in [3.05, 3.63) is 45.4 Å². The predicted octanol–water partition coefficient (Wildman–Crippen LogP) is 4.38. The highest BCUT2D eigenvalue weighted by Crippen LogP contribution is 2.35. The molecule has 6 heteroatoms. The lowest BCUT2D eigenvalue weighted by Crippen LogP contribution is -2.16. The predicted molar refractivity (Wildman–Crippen MR) is 96.2 cm³/mol. The number of aryl methyl sites for hydroxylation is 1. The molecule has 0 saturated heterocycles. The number of hydrogen-bond donors (Lipinski definition) is 1. The number of rotatable bonds is 8. The number of benzene rings is 1. The quantitative estimate of drug-likeness (QED) is 0.631. The third kappa shape index (κ3) is 5.41. The van der Waals surface area contributed by atoms with Crippen LogP contribution in [0, 0.1) is 0 Å². The minimum absolute atomic E-state index is 0.153. The van der Waals surface area contributed by atoms with Gasteiger partial charge in [-0.15, -0.1) is 0 Å². The molecule has 0 aliphatic carbocycles. The Morgan fingerprint density at radius 2 is 2.00 bits per heavy atom. The van der Waals surface area contributed by atoms with Crippen LogP contribution in [0.5, 0.6) is 5.75 Å². The van der Waals surface area contributed by atoms with Gasteiger partial charge in [-0.2, -0.15) is 0 Å². The van der Waals surface area contributed by atoms with Gasteiger partial charge in [0.15, 0.2) is 0 Å². The van der Waals surface area contributed by atoms with Crippen LogP contribution in [0.15, 0.2) is 39.8 Å². The van der Waals surface area contributed by atoms with Crippen molar-refractivity contribution in [2.45, 2.75) is 39.5 Å². The lowest BCUT2D eigenvalue weighted by atomic mass is 10.2. The first-order valence-electron chi connectivity index (χ1n) is 7.37. The van der Waals surface area contributed by atoms with Gasteiger partial charge in [0, 0.05) is 25.5 Å². The summed E-state index contributed by atoms with van der Waals surface area (Å²) in [7, 11) is 0. The van der Waals surface area contributed by atoms with Gasteiger partial charge in [-0.05, 0) is 76.4 Å². The van der Waals surface area contributed by atoms with Gasteiger partial charge in [0.2, 0.25) is 0 Å². The molecule has 0 fully saturated rings. The van der Waals surface area contributed by atoms with Crippen LogP contribution in [-0.4, -0.2) is 22.2 Å². The number of nitrogens with zero attached hydrogens (tertiary/aromatic N) is 2. The second-order valence-electron chi connectivity index (χ2n) is 5.39. The van der Waals surface area contributed by atoms with E-state index in [1.807, 2.05) is 32.6 Å². The van der Waals surface area contributed by atoms with Crippen molar-refractivity contribution in [2.24, 2.45) is 0 Å². The van der Waals surface area contributed by atoms with Gasteiger partial charge in [-0.3, -0.25) is 0 Å². The SMILES string of the molecule is CC(C)Oc1c(Br)cc(CNCCCn2ccnc2)cc1Br. The zero-order chi connectivity index (χ0) is 15.9. The fourth-order valence-electron chi connectivity index (χ4n) is 2.10. The molecule has 0 saturated carbocycles. The molecule has 2 aromatic rings. The van der Waals surface area contributed by atoms with Crippen molar-refractivity contribution in [1.82, 2.24) is 14.9 Å². The Kier molecular flexibility index (Phi) is 6.92. The molecule has 2 rings (SSSR count). The molecule has 0 spiro atoms. The highest BCUT2D eigenvalue weighted by atomic mass is 79.9. The number of imidazole rings is 1. The van der Waals surface area contributed by atoms with E-state index in [-0.39, 0.29) is 6.10 Å². The van der Waals surface area contributed by atoms with Crippen molar-refractivity contribution >= 4 is 31.9 Å². The molecular formula is C16H21Br2N3O. The van der Waals surface area contributed by atoms with E-state index in [2.05, 4.69) is 58.9 Å². The minimum Gasteiger partial charge on any atom is -0.489 e. The topological polar surface area (TPSA) is 39.1 Å². The summed E-state index contributed by atoms with van der Waals surface area (Å²) in [6.07, 6.45) is 6.87. The number of aromatic nitrogens is 2. The highest BCUT2D eigenvalue weighted by Gasteiger charge is 2.10. The first-order valence-corrected chi connectivity index (χ1v) is 8.96. The molecule has 0 bridgehead atoms. The van der Waals surface area contributed by atoms with Crippen molar-refractivity contribution in [3.63, 3.8) is 0 Å². The maximum atomic E-state index is 5.79. The van der Waals surface area contributed by atoms with Gasteiger partial charge in [-0.25, -0.2) is 4.98 Å². The summed E-state index contributed by atoms with van der Waals surface area (Å²) in [5.41, 5.74) is 1.22. The van der Waals surface area contributed by atoms with Gasteiger partial charge in [0.05, 0.1) is 21.4 Å². The molecule has 1 aromatic carbocycles. The molecule has 1 heterocycles. The molecule has 4 nitrogen and oxygen atoms in total. The second kappa shape index (κ2) is 8.70. The number of ether oxygens (including phenoxy) is 1. The molecule has 1 N–H and O–H groups in total. The van der Waals surface area contributed by atoms with Crippen LogP contribution in [0.25, 0.3) is 0 Å². The zero-order valence-corrected chi connectivity index (χ0v) is 16.0. The van der Waals surface area contributed by atoms with Gasteiger partial charge in [0.25, 0.3) is 0 Å². The third-order valence-corrected chi connectivity index (χ3v) is 4.25. The Balaban J connectivity index is 1.80. The van der Waals surface area contributed by atoms with Crippen molar-refractivity contribution < 1.29 is 4.74 Å². The smallest absolute Gasteiger partial charge is 0.148 e. The molecular weight excluding hydrogens is 410 g/mol. The van der Waals surface area contributed by atoms with Crippen LogP contribution >= 0.6 is 31.9 Å². The summed E-state index contributed by atoms with van der Waals surface area (Å²) in [6.45, 7) is 6.84. The molecule has 0 atom stereocenters. The summed E-state index contributed by atoms with van der Waals surface area (Å²) in [5.74, 6) is 0.860.